The number of amides is 1. The number of aliphatic hydroxyl groups excluding tert-OH is 5. The van der Waals surface area contributed by atoms with Gasteiger partial charge in [-0.25, -0.2) is 14.6 Å². The summed E-state index contributed by atoms with van der Waals surface area (Å²) in [5, 5.41) is 68.8. The lowest BCUT2D eigenvalue weighted by Gasteiger charge is -2.25. The van der Waals surface area contributed by atoms with Gasteiger partial charge in [0.25, 0.3) is 5.91 Å². The minimum absolute atomic E-state index is 0.0898. The van der Waals surface area contributed by atoms with E-state index in [1.54, 1.807) is 7.05 Å². The third-order valence-corrected chi connectivity index (χ3v) is 7.93. The first-order valence-corrected chi connectivity index (χ1v) is 15.5. The zero-order valence-electron chi connectivity index (χ0n) is 26.2. The second-order valence-electron chi connectivity index (χ2n) is 11.6. The highest BCUT2D eigenvalue weighted by Crippen LogP contribution is 2.28. The molecular weight excluding hydrogens is 612 g/mol. The Labute approximate surface area is 272 Å². The molecule has 1 aliphatic rings. The molecule has 4 unspecified atom stereocenters. The SMILES string of the molecule is CNCC(O)C(O)C(O)C(O)CO.O=C(O)c1cc(NC(=O)c2nc(-c3ccccc3)[nH]c2CC2CCCCCC2)cc(C(=O)O)c1. The van der Waals surface area contributed by atoms with E-state index < -0.39 is 48.9 Å². The van der Waals surface area contributed by atoms with E-state index in [1.165, 1.54) is 37.8 Å². The van der Waals surface area contributed by atoms with Crippen molar-refractivity contribution in [1.82, 2.24) is 15.3 Å². The smallest absolute Gasteiger partial charge is 0.335 e. The number of H-pyrrole nitrogens is 1. The van der Waals surface area contributed by atoms with E-state index in [2.05, 4.69) is 20.6 Å². The zero-order valence-corrected chi connectivity index (χ0v) is 26.2. The normalized spacial score (nSPS) is 16.1. The van der Waals surface area contributed by atoms with Gasteiger partial charge in [0.05, 0.1) is 23.8 Å². The maximum Gasteiger partial charge on any atom is 0.335 e. The Morgan fingerprint density at radius 1 is 0.872 bits per heavy atom. The molecule has 14 heteroatoms. The molecule has 3 aromatic rings. The molecule has 1 saturated carbocycles. The quantitative estimate of drug-likeness (QED) is 0.119. The average Bonchev–Trinajstić information content (AvgIpc) is 3.32. The number of anilines is 1. The molecule has 256 valence electrons. The van der Waals surface area contributed by atoms with Crippen LogP contribution < -0.4 is 10.6 Å². The van der Waals surface area contributed by atoms with Crippen molar-refractivity contribution in [2.45, 2.75) is 69.4 Å². The van der Waals surface area contributed by atoms with Crippen LogP contribution in [0.3, 0.4) is 0 Å². The monoisotopic (exact) mass is 656 g/mol. The Kier molecular flexibility index (Phi) is 14.5. The van der Waals surface area contributed by atoms with Gasteiger partial charge in [0, 0.05) is 23.5 Å². The highest BCUT2D eigenvalue weighted by Gasteiger charge is 2.29. The van der Waals surface area contributed by atoms with E-state index in [4.69, 9.17) is 20.4 Å². The van der Waals surface area contributed by atoms with Gasteiger partial charge >= 0.3 is 11.9 Å². The van der Waals surface area contributed by atoms with Gasteiger partial charge in [-0.2, -0.15) is 0 Å². The molecule has 0 radical (unpaired) electrons. The van der Waals surface area contributed by atoms with Crippen LogP contribution in [-0.2, 0) is 6.42 Å². The summed E-state index contributed by atoms with van der Waals surface area (Å²) in [4.78, 5) is 44.0. The van der Waals surface area contributed by atoms with Crippen LogP contribution in [0, 0.1) is 5.92 Å². The Morgan fingerprint density at radius 3 is 1.98 bits per heavy atom. The molecule has 0 spiro atoms. The van der Waals surface area contributed by atoms with Gasteiger partial charge in [0.1, 0.15) is 29.8 Å². The van der Waals surface area contributed by atoms with Gasteiger partial charge in [-0.1, -0.05) is 68.9 Å². The van der Waals surface area contributed by atoms with Gasteiger partial charge in [0.15, 0.2) is 0 Å². The van der Waals surface area contributed by atoms with Crippen LogP contribution in [0.15, 0.2) is 48.5 Å². The number of aromatic nitrogens is 2. The Balaban J connectivity index is 0.000000392. The van der Waals surface area contributed by atoms with Crippen LogP contribution in [0.5, 0.6) is 0 Å². The van der Waals surface area contributed by atoms with Crippen LogP contribution in [0.2, 0.25) is 0 Å². The number of carboxylic acid groups (broad SMARTS) is 2. The number of aliphatic hydroxyl groups is 5. The second kappa shape index (κ2) is 18.2. The topological polar surface area (TPSA) is 246 Å². The first-order valence-electron chi connectivity index (χ1n) is 15.5. The summed E-state index contributed by atoms with van der Waals surface area (Å²) < 4.78 is 0. The number of hydrogen-bond acceptors (Lipinski definition) is 10. The minimum Gasteiger partial charge on any atom is -0.478 e. The van der Waals surface area contributed by atoms with Crippen molar-refractivity contribution in [2.24, 2.45) is 5.92 Å². The van der Waals surface area contributed by atoms with Crippen molar-refractivity contribution in [3.63, 3.8) is 0 Å². The molecule has 4 atom stereocenters. The van der Waals surface area contributed by atoms with E-state index in [9.17, 15) is 29.7 Å². The van der Waals surface area contributed by atoms with E-state index in [1.807, 2.05) is 30.3 Å². The number of rotatable bonds is 13. The van der Waals surface area contributed by atoms with E-state index in [-0.39, 0.29) is 29.1 Å². The number of hydrogen-bond donors (Lipinski definition) is 10. The maximum atomic E-state index is 13.3. The van der Waals surface area contributed by atoms with Gasteiger partial charge in [-0.05, 0) is 37.6 Å². The molecular formula is C33H44N4O10. The summed E-state index contributed by atoms with van der Waals surface area (Å²) in [5.74, 6) is -2.04. The highest BCUT2D eigenvalue weighted by atomic mass is 16.4. The molecule has 10 N–H and O–H groups in total. The minimum atomic E-state index is -1.55. The van der Waals surface area contributed by atoms with E-state index >= 15 is 0 Å². The van der Waals surface area contributed by atoms with Gasteiger partial charge in [-0.3, -0.25) is 4.79 Å². The fourth-order valence-corrected chi connectivity index (χ4v) is 5.36. The second-order valence-corrected chi connectivity index (χ2v) is 11.6. The first kappa shape index (κ1) is 37.3. The van der Waals surface area contributed by atoms with Crippen LogP contribution in [0.25, 0.3) is 11.4 Å². The fraction of sp³-hybridized carbons (Fsp3) is 0.455. The van der Waals surface area contributed by atoms with E-state index in [0.717, 1.165) is 30.2 Å². The number of benzene rings is 2. The third-order valence-electron chi connectivity index (χ3n) is 7.93. The Hall–Kier alpha value is -4.18. The number of nitrogens with one attached hydrogen (secondary N) is 3. The lowest BCUT2D eigenvalue weighted by Crippen LogP contribution is -2.48. The Bertz CT molecular complexity index is 1420. The third kappa shape index (κ3) is 10.9. The molecule has 4 rings (SSSR count). The Morgan fingerprint density at radius 2 is 1.45 bits per heavy atom. The van der Waals surface area contributed by atoms with Crippen LogP contribution in [-0.4, -0.2) is 108 Å². The summed E-state index contributed by atoms with van der Waals surface area (Å²) in [6, 6.07) is 13.0. The molecule has 1 aromatic heterocycles. The lowest BCUT2D eigenvalue weighted by molar-refractivity contribution is -0.113. The fourth-order valence-electron chi connectivity index (χ4n) is 5.36. The molecule has 0 bridgehead atoms. The van der Waals surface area contributed by atoms with Crippen molar-refractivity contribution in [1.29, 1.82) is 0 Å². The van der Waals surface area contributed by atoms with Crippen LogP contribution in [0.4, 0.5) is 5.69 Å². The van der Waals surface area contributed by atoms with E-state index in [0.29, 0.717) is 18.2 Å². The number of aromatic amines is 1. The number of carbonyl (C=O) groups excluding carboxylic acids is 1. The highest BCUT2D eigenvalue weighted by molar-refractivity contribution is 6.05. The predicted octanol–water partition coefficient (Wildman–Crippen LogP) is 1.88. The number of aromatic carboxylic acids is 2. The van der Waals surface area contributed by atoms with Crippen LogP contribution >= 0.6 is 0 Å². The summed E-state index contributed by atoms with van der Waals surface area (Å²) in [6.45, 7) is -0.569. The summed E-state index contributed by atoms with van der Waals surface area (Å²) in [6.07, 6.45) is 2.05. The summed E-state index contributed by atoms with van der Waals surface area (Å²) in [7, 11) is 1.57. The van der Waals surface area contributed by atoms with Gasteiger partial charge in [-0.15, -0.1) is 0 Å². The molecule has 1 fully saturated rings. The van der Waals surface area contributed by atoms with Crippen molar-refractivity contribution < 1.29 is 50.1 Å². The van der Waals surface area contributed by atoms with Crippen molar-refractivity contribution >= 4 is 23.5 Å². The molecule has 14 nitrogen and oxygen atoms in total. The molecule has 0 aliphatic heterocycles. The lowest BCUT2D eigenvalue weighted by atomic mass is 9.94. The van der Waals surface area contributed by atoms with Crippen molar-refractivity contribution in [2.75, 3.05) is 25.5 Å². The first-order chi connectivity index (χ1) is 22.4. The number of carbonyl (C=O) groups is 3. The molecule has 1 aliphatic carbocycles. The maximum absolute atomic E-state index is 13.3. The molecule has 2 aromatic carbocycles. The number of nitrogens with zero attached hydrogens (tertiary/aromatic N) is 1. The molecule has 1 amide bonds. The largest absolute Gasteiger partial charge is 0.478 e. The van der Waals surface area contributed by atoms with Crippen molar-refractivity contribution in [3.8, 4) is 11.4 Å². The summed E-state index contributed by atoms with van der Waals surface area (Å²) in [5.41, 5.74) is 1.47. The van der Waals surface area contributed by atoms with Crippen LogP contribution in [0.1, 0.15) is 75.4 Å². The molecule has 0 saturated heterocycles. The van der Waals surface area contributed by atoms with Gasteiger partial charge < -0.3 is 51.4 Å². The zero-order chi connectivity index (χ0) is 34.5. The molecule has 47 heavy (non-hydrogen) atoms. The van der Waals surface area contributed by atoms with Gasteiger partial charge in [0.2, 0.25) is 0 Å². The standard InChI is InChI=1S/C26H27N3O5.C7H17NO5/c30-24(27-20-14-18(25(31)32)13-19(15-20)26(33)34)22-21(12-16-8-4-1-2-5-9-16)28-23(29-22)17-10-6-3-7-11-17;1-8-2-4(10)6(12)7(13)5(11)3-9/h3,6-7,10-11,13-16H,1-2,4-5,8-9,12H2,(H,27,30)(H,28,29)(H,31,32)(H,33,34);4-13H,2-3H2,1H3. The number of likely N-dealkylation sites (N-methyl/N-ethyl adjacent to an activating group) is 1. The average molecular weight is 657 g/mol. The van der Waals surface area contributed by atoms with Crippen molar-refractivity contribution in [3.05, 3.63) is 71.0 Å². The summed E-state index contributed by atoms with van der Waals surface area (Å²) >= 11 is 0. The number of imidazole rings is 1. The predicted molar refractivity (Wildman–Crippen MR) is 172 cm³/mol. The molecule has 1 heterocycles. The number of carboxylic acids is 2.